The number of aromatic nitrogens is 2. The summed E-state index contributed by atoms with van der Waals surface area (Å²) in [5.41, 5.74) is 2.69. The molecule has 0 unspecified atom stereocenters. The molecule has 3 rings (SSSR count). The molecule has 1 N–H and O–H groups in total. The first-order valence-electron chi connectivity index (χ1n) is 7.09. The van der Waals surface area contributed by atoms with Crippen LogP contribution >= 0.6 is 0 Å². The predicted octanol–water partition coefficient (Wildman–Crippen LogP) is 3.47. The van der Waals surface area contributed by atoms with Crippen molar-refractivity contribution in [1.82, 2.24) is 9.97 Å². The van der Waals surface area contributed by atoms with Crippen molar-refractivity contribution in [2.75, 3.05) is 6.61 Å². The summed E-state index contributed by atoms with van der Waals surface area (Å²) in [6.45, 7) is 0.545. The van der Waals surface area contributed by atoms with Gasteiger partial charge in [0.05, 0.1) is 6.61 Å². The van der Waals surface area contributed by atoms with Crippen LogP contribution in [0.1, 0.15) is 5.56 Å². The standard InChI is InChI=1S/C18H16N2O2/c21-16-6-1-5-15(12-16)18-17(7-3-10-20-18)22-11-8-14-4-2-9-19-13-14/h1-7,9-10,12-13,21H,8,11H2. The van der Waals surface area contributed by atoms with Crippen LogP contribution in [0.25, 0.3) is 11.3 Å². The van der Waals surface area contributed by atoms with E-state index < -0.39 is 0 Å². The van der Waals surface area contributed by atoms with Gasteiger partial charge in [-0.3, -0.25) is 9.97 Å². The molecule has 3 aromatic rings. The number of aromatic hydroxyl groups is 1. The van der Waals surface area contributed by atoms with Gasteiger partial charge in [-0.05, 0) is 35.9 Å². The van der Waals surface area contributed by atoms with Crippen LogP contribution < -0.4 is 4.74 Å². The van der Waals surface area contributed by atoms with Gasteiger partial charge >= 0.3 is 0 Å². The summed E-state index contributed by atoms with van der Waals surface area (Å²) in [7, 11) is 0. The number of ether oxygens (including phenoxy) is 1. The second-order valence-corrected chi connectivity index (χ2v) is 4.86. The molecule has 0 aliphatic carbocycles. The van der Waals surface area contributed by atoms with Gasteiger partial charge in [0.2, 0.25) is 0 Å². The molecule has 0 aliphatic heterocycles. The molecule has 0 atom stereocenters. The normalized spacial score (nSPS) is 10.4. The van der Waals surface area contributed by atoms with Crippen LogP contribution in [-0.2, 0) is 6.42 Å². The highest BCUT2D eigenvalue weighted by molar-refractivity contribution is 5.67. The van der Waals surface area contributed by atoms with Crippen LogP contribution in [0.3, 0.4) is 0 Å². The lowest BCUT2D eigenvalue weighted by molar-refractivity contribution is 0.322. The monoisotopic (exact) mass is 292 g/mol. The number of phenolic OH excluding ortho intramolecular Hbond substituents is 1. The predicted molar refractivity (Wildman–Crippen MR) is 84.8 cm³/mol. The van der Waals surface area contributed by atoms with E-state index in [4.69, 9.17) is 4.74 Å². The van der Waals surface area contributed by atoms with Gasteiger partial charge in [-0.15, -0.1) is 0 Å². The molecule has 0 bridgehead atoms. The summed E-state index contributed by atoms with van der Waals surface area (Å²) in [6, 6.07) is 14.7. The van der Waals surface area contributed by atoms with E-state index in [9.17, 15) is 5.11 Å². The number of pyridine rings is 2. The Morgan fingerprint density at radius 1 is 1.00 bits per heavy atom. The summed E-state index contributed by atoms with van der Waals surface area (Å²) < 4.78 is 5.86. The van der Waals surface area contributed by atoms with E-state index in [-0.39, 0.29) is 5.75 Å². The summed E-state index contributed by atoms with van der Waals surface area (Å²) in [5, 5.41) is 9.61. The highest BCUT2D eigenvalue weighted by Gasteiger charge is 2.08. The molecular weight excluding hydrogens is 276 g/mol. The Bertz CT molecular complexity index is 745. The number of benzene rings is 1. The number of hydrogen-bond acceptors (Lipinski definition) is 4. The molecule has 0 fully saturated rings. The molecule has 0 aliphatic rings. The van der Waals surface area contributed by atoms with Crippen molar-refractivity contribution in [1.29, 1.82) is 0 Å². The van der Waals surface area contributed by atoms with Crippen molar-refractivity contribution in [2.24, 2.45) is 0 Å². The first-order chi connectivity index (χ1) is 10.8. The van der Waals surface area contributed by atoms with Gasteiger partial charge in [0.25, 0.3) is 0 Å². The van der Waals surface area contributed by atoms with E-state index in [0.29, 0.717) is 12.4 Å². The van der Waals surface area contributed by atoms with Crippen molar-refractivity contribution >= 4 is 0 Å². The fraction of sp³-hybridized carbons (Fsp3) is 0.111. The molecule has 4 heteroatoms. The van der Waals surface area contributed by atoms with Crippen LogP contribution in [0.4, 0.5) is 0 Å². The van der Waals surface area contributed by atoms with Crippen molar-refractivity contribution in [3.63, 3.8) is 0 Å². The lowest BCUT2D eigenvalue weighted by Gasteiger charge is -2.11. The third-order valence-corrected chi connectivity index (χ3v) is 3.26. The first-order valence-corrected chi connectivity index (χ1v) is 7.09. The van der Waals surface area contributed by atoms with Gasteiger partial charge in [-0.1, -0.05) is 18.2 Å². The van der Waals surface area contributed by atoms with E-state index >= 15 is 0 Å². The lowest BCUT2D eigenvalue weighted by atomic mass is 10.1. The van der Waals surface area contributed by atoms with Crippen molar-refractivity contribution in [3.05, 3.63) is 72.7 Å². The minimum Gasteiger partial charge on any atom is -0.508 e. The second kappa shape index (κ2) is 6.72. The Labute approximate surface area is 129 Å². The number of nitrogens with zero attached hydrogens (tertiary/aromatic N) is 2. The molecule has 4 nitrogen and oxygen atoms in total. The van der Waals surface area contributed by atoms with Gasteiger partial charge in [0.1, 0.15) is 17.2 Å². The van der Waals surface area contributed by atoms with Gasteiger partial charge in [0, 0.05) is 30.6 Å². The van der Waals surface area contributed by atoms with Crippen LogP contribution in [0, 0.1) is 0 Å². The largest absolute Gasteiger partial charge is 0.508 e. The Morgan fingerprint density at radius 3 is 2.73 bits per heavy atom. The van der Waals surface area contributed by atoms with Crippen molar-refractivity contribution in [3.8, 4) is 22.8 Å². The fourth-order valence-electron chi connectivity index (χ4n) is 2.20. The highest BCUT2D eigenvalue weighted by atomic mass is 16.5. The molecule has 2 heterocycles. The van der Waals surface area contributed by atoms with E-state index in [1.165, 1.54) is 0 Å². The molecule has 2 aromatic heterocycles. The molecular formula is C18H16N2O2. The minimum atomic E-state index is 0.212. The molecule has 0 amide bonds. The van der Waals surface area contributed by atoms with Gasteiger partial charge < -0.3 is 9.84 Å². The summed E-state index contributed by atoms with van der Waals surface area (Å²) in [5.74, 6) is 0.918. The zero-order valence-electron chi connectivity index (χ0n) is 12.0. The van der Waals surface area contributed by atoms with Gasteiger partial charge in [-0.25, -0.2) is 0 Å². The SMILES string of the molecule is Oc1cccc(-c2ncccc2OCCc2cccnc2)c1. The van der Waals surface area contributed by atoms with E-state index in [0.717, 1.165) is 23.2 Å². The van der Waals surface area contributed by atoms with Crippen LogP contribution in [-0.4, -0.2) is 21.7 Å². The average Bonchev–Trinajstić information content (AvgIpc) is 2.56. The number of rotatable bonds is 5. The molecule has 0 saturated heterocycles. The van der Waals surface area contributed by atoms with E-state index in [1.54, 1.807) is 30.6 Å². The van der Waals surface area contributed by atoms with E-state index in [1.807, 2.05) is 36.5 Å². The summed E-state index contributed by atoms with van der Waals surface area (Å²) in [6.07, 6.45) is 6.09. The van der Waals surface area contributed by atoms with E-state index in [2.05, 4.69) is 9.97 Å². The second-order valence-electron chi connectivity index (χ2n) is 4.86. The lowest BCUT2D eigenvalue weighted by Crippen LogP contribution is -2.03. The average molecular weight is 292 g/mol. The summed E-state index contributed by atoms with van der Waals surface area (Å²) >= 11 is 0. The van der Waals surface area contributed by atoms with Crippen LogP contribution in [0.15, 0.2) is 67.1 Å². The zero-order chi connectivity index (χ0) is 15.2. The van der Waals surface area contributed by atoms with Crippen molar-refractivity contribution < 1.29 is 9.84 Å². The van der Waals surface area contributed by atoms with Gasteiger partial charge in [-0.2, -0.15) is 0 Å². The molecule has 0 radical (unpaired) electrons. The maximum Gasteiger partial charge on any atom is 0.145 e. The Balaban J connectivity index is 1.74. The van der Waals surface area contributed by atoms with Gasteiger partial charge in [0.15, 0.2) is 0 Å². The number of phenols is 1. The Hall–Kier alpha value is -2.88. The number of hydrogen-bond donors (Lipinski definition) is 1. The smallest absolute Gasteiger partial charge is 0.145 e. The maximum absolute atomic E-state index is 9.61. The summed E-state index contributed by atoms with van der Waals surface area (Å²) in [4.78, 5) is 8.46. The van der Waals surface area contributed by atoms with Crippen LogP contribution in [0.5, 0.6) is 11.5 Å². The third-order valence-electron chi connectivity index (χ3n) is 3.26. The third kappa shape index (κ3) is 3.41. The minimum absolute atomic E-state index is 0.212. The maximum atomic E-state index is 9.61. The molecule has 0 spiro atoms. The van der Waals surface area contributed by atoms with Crippen LogP contribution in [0.2, 0.25) is 0 Å². The molecule has 1 aromatic carbocycles. The molecule has 22 heavy (non-hydrogen) atoms. The molecule has 0 saturated carbocycles. The highest BCUT2D eigenvalue weighted by Crippen LogP contribution is 2.29. The zero-order valence-corrected chi connectivity index (χ0v) is 12.0. The Morgan fingerprint density at radius 2 is 1.91 bits per heavy atom. The first kappa shape index (κ1) is 14.1. The topological polar surface area (TPSA) is 55.2 Å². The van der Waals surface area contributed by atoms with Crippen molar-refractivity contribution in [2.45, 2.75) is 6.42 Å². The fourth-order valence-corrected chi connectivity index (χ4v) is 2.20. The Kier molecular flexibility index (Phi) is 4.30. The molecule has 110 valence electrons. The quantitative estimate of drug-likeness (QED) is 0.782.